The maximum atomic E-state index is 5.42. The molecule has 8 heteroatoms. The van der Waals surface area contributed by atoms with Crippen LogP contribution in [0.5, 0.6) is 0 Å². The SMILES string of the molecule is c1ccc(Cc2noc(CCn3ccnc3-c3cc4n(n3)CCNC4)n2)cc1. The number of hydrogen-bond acceptors (Lipinski definition) is 6. The monoisotopic (exact) mass is 375 g/mol. The van der Waals surface area contributed by atoms with Gasteiger partial charge in [-0.3, -0.25) is 4.68 Å². The molecular weight excluding hydrogens is 354 g/mol. The highest BCUT2D eigenvalue weighted by atomic mass is 16.5. The van der Waals surface area contributed by atoms with Crippen molar-refractivity contribution in [1.29, 1.82) is 0 Å². The molecule has 0 saturated heterocycles. The van der Waals surface area contributed by atoms with E-state index in [-0.39, 0.29) is 0 Å². The summed E-state index contributed by atoms with van der Waals surface area (Å²) >= 11 is 0. The number of nitrogens with zero attached hydrogens (tertiary/aromatic N) is 6. The van der Waals surface area contributed by atoms with E-state index in [1.807, 2.05) is 24.4 Å². The summed E-state index contributed by atoms with van der Waals surface area (Å²) in [5.41, 5.74) is 3.27. The number of aryl methyl sites for hydroxylation is 2. The second-order valence-electron chi connectivity index (χ2n) is 6.88. The van der Waals surface area contributed by atoms with Crippen molar-refractivity contribution < 1.29 is 4.52 Å². The fourth-order valence-electron chi connectivity index (χ4n) is 3.48. The molecule has 0 unspecified atom stereocenters. The van der Waals surface area contributed by atoms with Crippen LogP contribution < -0.4 is 5.32 Å². The van der Waals surface area contributed by atoms with Crippen LogP contribution in [0.2, 0.25) is 0 Å². The number of nitrogens with one attached hydrogen (secondary N) is 1. The zero-order chi connectivity index (χ0) is 18.8. The Morgan fingerprint density at radius 3 is 3.00 bits per heavy atom. The Morgan fingerprint density at radius 1 is 1.18 bits per heavy atom. The van der Waals surface area contributed by atoms with Crippen LogP contribution in [0.4, 0.5) is 0 Å². The van der Waals surface area contributed by atoms with Crippen LogP contribution in [0.1, 0.15) is 23.0 Å². The molecule has 28 heavy (non-hydrogen) atoms. The second kappa shape index (κ2) is 7.40. The lowest BCUT2D eigenvalue weighted by atomic mass is 10.1. The molecule has 1 aliphatic rings. The molecule has 0 bridgehead atoms. The summed E-state index contributed by atoms with van der Waals surface area (Å²) < 4.78 is 9.56. The smallest absolute Gasteiger partial charge is 0.228 e. The molecule has 0 saturated carbocycles. The van der Waals surface area contributed by atoms with Gasteiger partial charge in [-0.25, -0.2) is 4.98 Å². The topological polar surface area (TPSA) is 86.6 Å². The maximum Gasteiger partial charge on any atom is 0.228 e. The van der Waals surface area contributed by atoms with Gasteiger partial charge in [0.05, 0.1) is 12.2 Å². The lowest BCUT2D eigenvalue weighted by Crippen LogP contribution is -2.28. The third-order valence-corrected chi connectivity index (χ3v) is 4.90. The summed E-state index contributed by atoms with van der Waals surface area (Å²) in [5.74, 6) is 2.21. The van der Waals surface area contributed by atoms with Crippen molar-refractivity contribution in [3.05, 3.63) is 71.8 Å². The van der Waals surface area contributed by atoms with Crippen molar-refractivity contribution in [3.63, 3.8) is 0 Å². The van der Waals surface area contributed by atoms with Crippen molar-refractivity contribution >= 4 is 0 Å². The lowest BCUT2D eigenvalue weighted by Gasteiger charge is -2.13. The van der Waals surface area contributed by atoms with E-state index < -0.39 is 0 Å². The second-order valence-corrected chi connectivity index (χ2v) is 6.88. The van der Waals surface area contributed by atoms with Crippen LogP contribution >= 0.6 is 0 Å². The normalized spacial score (nSPS) is 13.6. The molecule has 0 aliphatic carbocycles. The molecule has 0 amide bonds. The van der Waals surface area contributed by atoms with E-state index in [1.54, 1.807) is 6.20 Å². The number of hydrogen-bond donors (Lipinski definition) is 1. The van der Waals surface area contributed by atoms with Crippen LogP contribution in [-0.2, 0) is 32.5 Å². The van der Waals surface area contributed by atoms with Crippen LogP contribution in [-0.4, -0.2) is 36.0 Å². The van der Waals surface area contributed by atoms with Crippen molar-refractivity contribution in [2.45, 2.75) is 32.5 Å². The quantitative estimate of drug-likeness (QED) is 0.555. The van der Waals surface area contributed by atoms with Crippen molar-refractivity contribution in [1.82, 2.24) is 34.8 Å². The van der Waals surface area contributed by atoms with Gasteiger partial charge >= 0.3 is 0 Å². The summed E-state index contributed by atoms with van der Waals surface area (Å²) in [5, 5.41) is 12.2. The first-order valence-corrected chi connectivity index (χ1v) is 9.49. The van der Waals surface area contributed by atoms with Crippen LogP contribution in [0.3, 0.4) is 0 Å². The largest absolute Gasteiger partial charge is 0.339 e. The minimum absolute atomic E-state index is 0.638. The minimum atomic E-state index is 0.638. The predicted molar refractivity (Wildman–Crippen MR) is 102 cm³/mol. The Balaban J connectivity index is 1.27. The lowest BCUT2D eigenvalue weighted by molar-refractivity contribution is 0.367. The first kappa shape index (κ1) is 16.9. The van der Waals surface area contributed by atoms with E-state index in [0.717, 1.165) is 31.2 Å². The molecule has 1 N–H and O–H groups in total. The Bertz CT molecular complexity index is 1040. The fraction of sp³-hybridized carbons (Fsp3) is 0.300. The molecule has 3 aromatic heterocycles. The number of imidazole rings is 1. The van der Waals surface area contributed by atoms with Gasteiger partial charge in [-0.15, -0.1) is 0 Å². The van der Waals surface area contributed by atoms with Crippen molar-refractivity contribution in [2.24, 2.45) is 0 Å². The molecule has 0 fully saturated rings. The van der Waals surface area contributed by atoms with Gasteiger partial charge in [0.1, 0.15) is 5.69 Å². The Kier molecular flexibility index (Phi) is 4.46. The predicted octanol–water partition coefficient (Wildman–Crippen LogP) is 2.07. The zero-order valence-electron chi connectivity index (χ0n) is 15.5. The molecule has 1 aromatic carbocycles. The maximum absolute atomic E-state index is 5.42. The van der Waals surface area contributed by atoms with Gasteiger partial charge < -0.3 is 14.4 Å². The minimum Gasteiger partial charge on any atom is -0.339 e. The van der Waals surface area contributed by atoms with E-state index in [1.165, 1.54) is 11.3 Å². The molecule has 8 nitrogen and oxygen atoms in total. The molecule has 0 atom stereocenters. The van der Waals surface area contributed by atoms with E-state index in [2.05, 4.69) is 47.9 Å². The summed E-state index contributed by atoms with van der Waals surface area (Å²) in [6.07, 6.45) is 5.10. The Labute approximate surface area is 162 Å². The summed E-state index contributed by atoms with van der Waals surface area (Å²) in [6.45, 7) is 3.40. The molecule has 4 aromatic rings. The van der Waals surface area contributed by atoms with Gasteiger partial charge in [0, 0.05) is 44.9 Å². The summed E-state index contributed by atoms with van der Waals surface area (Å²) in [4.78, 5) is 9.02. The number of aromatic nitrogens is 6. The van der Waals surface area contributed by atoms with Crippen molar-refractivity contribution in [3.8, 4) is 11.5 Å². The van der Waals surface area contributed by atoms with E-state index in [4.69, 9.17) is 9.62 Å². The molecule has 5 rings (SSSR count). The average Bonchev–Trinajstić information content (AvgIpc) is 3.46. The van der Waals surface area contributed by atoms with Gasteiger partial charge in [-0.05, 0) is 11.6 Å². The Morgan fingerprint density at radius 2 is 2.11 bits per heavy atom. The standard InChI is InChI=1S/C20H21N7O/c1-2-4-15(5-3-1)12-18-23-19(28-25-18)6-9-26-10-8-22-20(26)17-13-16-14-21-7-11-27(16)24-17/h1-5,8,10,13,21H,6-7,9,11-12,14H2. The number of rotatable bonds is 6. The summed E-state index contributed by atoms with van der Waals surface area (Å²) in [7, 11) is 0. The molecule has 0 spiro atoms. The van der Waals surface area contributed by atoms with Gasteiger partial charge in [-0.2, -0.15) is 10.1 Å². The molecule has 0 radical (unpaired) electrons. The van der Waals surface area contributed by atoms with E-state index in [9.17, 15) is 0 Å². The van der Waals surface area contributed by atoms with Crippen LogP contribution in [0.25, 0.3) is 11.5 Å². The zero-order valence-corrected chi connectivity index (χ0v) is 15.5. The molecule has 1 aliphatic heterocycles. The van der Waals surface area contributed by atoms with E-state index in [0.29, 0.717) is 31.1 Å². The highest BCUT2D eigenvalue weighted by molar-refractivity contribution is 5.50. The first-order valence-electron chi connectivity index (χ1n) is 9.49. The number of fused-ring (bicyclic) bond motifs is 1. The average molecular weight is 375 g/mol. The highest BCUT2D eigenvalue weighted by Crippen LogP contribution is 2.19. The molecular formula is C20H21N7O. The third kappa shape index (κ3) is 3.46. The first-order chi connectivity index (χ1) is 13.8. The van der Waals surface area contributed by atoms with Gasteiger partial charge in [0.25, 0.3) is 0 Å². The Hall–Kier alpha value is -3.26. The fourth-order valence-corrected chi connectivity index (χ4v) is 3.48. The van der Waals surface area contributed by atoms with Crippen LogP contribution in [0.15, 0.2) is 53.3 Å². The third-order valence-electron chi connectivity index (χ3n) is 4.90. The van der Waals surface area contributed by atoms with Gasteiger partial charge in [0.2, 0.25) is 5.89 Å². The van der Waals surface area contributed by atoms with E-state index >= 15 is 0 Å². The number of benzene rings is 1. The van der Waals surface area contributed by atoms with Gasteiger partial charge in [0.15, 0.2) is 11.6 Å². The van der Waals surface area contributed by atoms with Crippen molar-refractivity contribution in [2.75, 3.05) is 6.54 Å². The highest BCUT2D eigenvalue weighted by Gasteiger charge is 2.16. The molecule has 142 valence electrons. The van der Waals surface area contributed by atoms with Crippen LogP contribution in [0, 0.1) is 0 Å². The summed E-state index contributed by atoms with van der Waals surface area (Å²) in [6, 6.07) is 12.3. The molecule has 4 heterocycles. The van der Waals surface area contributed by atoms with Gasteiger partial charge in [-0.1, -0.05) is 35.5 Å².